The number of ether oxygens (including phenoxy) is 1. The van der Waals surface area contributed by atoms with Crippen molar-refractivity contribution in [2.75, 3.05) is 6.54 Å². The first-order valence-electron chi connectivity index (χ1n) is 9.12. The maximum absolute atomic E-state index is 13.5. The molecule has 3 rings (SSSR count). The molecule has 2 amide bonds. The fourth-order valence-electron chi connectivity index (χ4n) is 2.61. The van der Waals surface area contributed by atoms with E-state index in [1.54, 1.807) is 0 Å². The van der Waals surface area contributed by atoms with Gasteiger partial charge in [-0.05, 0) is 18.1 Å². The number of rotatable bonds is 4. The van der Waals surface area contributed by atoms with Crippen LogP contribution < -0.4 is 9.46 Å². The lowest BCUT2D eigenvalue weighted by molar-refractivity contribution is -0.120. The number of amides is 2. The Kier molecular flexibility index (Phi) is 8.10. The minimum absolute atomic E-state index is 0. The number of fused-ring (bicyclic) bond motifs is 1. The molecule has 10 heteroatoms. The number of hydrogen-bond donors (Lipinski definition) is 2. The first-order chi connectivity index (χ1) is 14.1. The lowest BCUT2D eigenvalue weighted by Crippen LogP contribution is -2.42. The predicted octanol–water partition coefficient (Wildman–Crippen LogP) is 4.47. The van der Waals surface area contributed by atoms with Crippen LogP contribution in [0.4, 0.5) is 18.0 Å². The molecule has 164 valence electrons. The number of aromatic nitrogens is 1. The molecule has 1 aliphatic rings. The Morgan fingerprint density at radius 2 is 2.00 bits per heavy atom. The lowest BCUT2D eigenvalue weighted by Gasteiger charge is -2.27. The summed E-state index contributed by atoms with van der Waals surface area (Å²) in [5.74, 6) is -1.61. The summed E-state index contributed by atoms with van der Waals surface area (Å²) in [5.41, 5.74) is 0.607. The molecule has 0 bridgehead atoms. The van der Waals surface area contributed by atoms with E-state index in [0.29, 0.717) is 11.6 Å². The van der Waals surface area contributed by atoms with Crippen molar-refractivity contribution in [3.05, 3.63) is 59.2 Å². The molecule has 0 spiro atoms. The lowest BCUT2D eigenvalue weighted by atomic mass is 9.94. The van der Waals surface area contributed by atoms with Gasteiger partial charge in [-0.15, -0.1) is 0 Å². The third-order valence-corrected chi connectivity index (χ3v) is 4.86. The highest BCUT2D eigenvalue weighted by Gasteiger charge is 2.28. The number of carbonyl (C=O) groups is 2. The zero-order chi connectivity index (χ0) is 22.4. The summed E-state index contributed by atoms with van der Waals surface area (Å²) in [6.45, 7) is 5.62. The second kappa shape index (κ2) is 10.3. The first kappa shape index (κ1) is 23.5. The van der Waals surface area contributed by atoms with Gasteiger partial charge in [0, 0.05) is 13.4 Å². The molecule has 2 aromatic rings. The third kappa shape index (κ3) is 5.88. The highest BCUT2D eigenvalue weighted by molar-refractivity contribution is 7.78. The van der Waals surface area contributed by atoms with Crippen LogP contribution in [0, 0.1) is 23.4 Å². The van der Waals surface area contributed by atoms with E-state index >= 15 is 0 Å². The van der Waals surface area contributed by atoms with E-state index in [1.807, 2.05) is 20.8 Å². The summed E-state index contributed by atoms with van der Waals surface area (Å²) >= 11 is 3.57. The summed E-state index contributed by atoms with van der Waals surface area (Å²) in [4.78, 5) is 27.4. The van der Waals surface area contributed by atoms with Gasteiger partial charge in [0.2, 0.25) is 5.91 Å². The van der Waals surface area contributed by atoms with Gasteiger partial charge >= 0.3 is 6.09 Å². The number of pyridine rings is 1. The van der Waals surface area contributed by atoms with Crippen LogP contribution in [0.5, 0.6) is 5.75 Å². The van der Waals surface area contributed by atoms with Crippen molar-refractivity contribution < 1.29 is 28.9 Å². The van der Waals surface area contributed by atoms with Crippen LogP contribution in [0.2, 0.25) is 0 Å². The minimum Gasteiger partial charge on any atom is -0.410 e. The molecule has 1 unspecified atom stereocenters. The number of benzene rings is 1. The first-order valence-corrected chi connectivity index (χ1v) is 9.56. The Morgan fingerprint density at radius 3 is 2.60 bits per heavy atom. The maximum atomic E-state index is 13.5. The number of carbonyl (C=O) groups excluding carboxylic acids is 2. The summed E-state index contributed by atoms with van der Waals surface area (Å²) in [6.07, 6.45) is 0.372. The fraction of sp³-hybridized carbons (Fsp3) is 0.350. The zero-order valence-electron chi connectivity index (χ0n) is 16.7. The third-order valence-electron chi connectivity index (χ3n) is 4.61. The normalized spacial score (nSPS) is 13.7. The van der Waals surface area contributed by atoms with Gasteiger partial charge in [-0.3, -0.25) is 14.7 Å². The molecule has 1 aromatic carbocycles. The Hall–Kier alpha value is -2.75. The van der Waals surface area contributed by atoms with E-state index in [1.165, 1.54) is 18.2 Å². The Labute approximate surface area is 179 Å². The highest BCUT2D eigenvalue weighted by atomic mass is 32.1. The van der Waals surface area contributed by atoms with E-state index in [2.05, 4.69) is 22.5 Å². The van der Waals surface area contributed by atoms with Crippen LogP contribution in [-0.4, -0.2) is 28.4 Å². The largest absolute Gasteiger partial charge is 0.416 e. The number of thiol groups is 1. The average Bonchev–Trinajstić information content (AvgIpc) is 2.69. The molecule has 30 heavy (non-hydrogen) atoms. The topological polar surface area (TPSA) is 71.5 Å². The maximum Gasteiger partial charge on any atom is 0.416 e. The molecule has 0 radical (unpaired) electrons. The van der Waals surface area contributed by atoms with E-state index < -0.39 is 29.5 Å². The second-order valence-electron chi connectivity index (χ2n) is 7.03. The van der Waals surface area contributed by atoms with Crippen molar-refractivity contribution in [3.63, 3.8) is 0 Å². The van der Waals surface area contributed by atoms with Crippen LogP contribution in [0.15, 0.2) is 30.5 Å². The Morgan fingerprint density at radius 1 is 1.30 bits per heavy atom. The molecular weight excluding hydrogens is 419 g/mol. The molecule has 1 aromatic heterocycles. The smallest absolute Gasteiger partial charge is 0.410 e. The summed E-state index contributed by atoms with van der Waals surface area (Å²) in [6, 6.07) is 5.11. The van der Waals surface area contributed by atoms with Gasteiger partial charge in [0.05, 0.1) is 24.0 Å². The van der Waals surface area contributed by atoms with Crippen molar-refractivity contribution in [3.8, 4) is 5.75 Å². The Balaban J connectivity index is 0.000000311. The van der Waals surface area contributed by atoms with Crippen molar-refractivity contribution in [1.82, 2.24) is 14.6 Å². The van der Waals surface area contributed by atoms with Crippen LogP contribution in [-0.2, 0) is 11.3 Å². The van der Waals surface area contributed by atoms with Crippen LogP contribution in [0.3, 0.4) is 0 Å². The average molecular weight is 443 g/mol. The van der Waals surface area contributed by atoms with Gasteiger partial charge in [-0.25, -0.2) is 18.0 Å². The molecule has 6 nitrogen and oxygen atoms in total. The summed E-state index contributed by atoms with van der Waals surface area (Å²) in [5, 5.41) is 0. The number of hydrogen-bond acceptors (Lipinski definition) is 5. The second-order valence-corrected chi connectivity index (χ2v) is 7.25. The number of halogens is 3. The number of nitrogens with zero attached hydrogens (tertiary/aromatic N) is 2. The van der Waals surface area contributed by atoms with E-state index in [-0.39, 0.29) is 31.7 Å². The van der Waals surface area contributed by atoms with E-state index in [9.17, 15) is 22.8 Å². The minimum atomic E-state index is -0.681. The van der Waals surface area contributed by atoms with Gasteiger partial charge in [0.25, 0.3) is 0 Å². The molecule has 1 N–H and O–H groups in total. The van der Waals surface area contributed by atoms with Gasteiger partial charge in [0.1, 0.15) is 29.7 Å². The molecule has 0 aliphatic carbocycles. The monoisotopic (exact) mass is 443 g/mol. The summed E-state index contributed by atoms with van der Waals surface area (Å²) < 4.78 is 46.1. The van der Waals surface area contributed by atoms with Crippen molar-refractivity contribution in [2.24, 2.45) is 5.92 Å². The van der Waals surface area contributed by atoms with Crippen LogP contribution in [0.25, 0.3) is 0 Å². The number of nitrogens with one attached hydrogen (secondary N) is 1. The highest BCUT2D eigenvalue weighted by Crippen LogP contribution is 2.28. The fourth-order valence-corrected chi connectivity index (χ4v) is 2.68. The molecule has 1 atom stereocenters. The van der Waals surface area contributed by atoms with Gasteiger partial charge in [0.15, 0.2) is 0 Å². The SMILES string of the molecule is CC(C)C(C)c1ncc(F)cc1F.O=C(CN1Cc2c(F)cccc2OC1=O)NS.[HH]. The van der Waals surface area contributed by atoms with Gasteiger partial charge in [-0.2, -0.15) is 0 Å². The molecule has 1 aliphatic heterocycles. The zero-order valence-corrected chi connectivity index (χ0v) is 17.6. The van der Waals surface area contributed by atoms with Crippen LogP contribution in [0.1, 0.15) is 39.4 Å². The molecule has 0 fully saturated rings. The summed E-state index contributed by atoms with van der Waals surface area (Å²) in [7, 11) is 0. The molecule has 0 saturated carbocycles. The quantitative estimate of drug-likeness (QED) is 0.685. The Bertz CT molecular complexity index is 934. The predicted molar refractivity (Wildman–Crippen MR) is 109 cm³/mol. The molecule has 0 saturated heterocycles. The van der Waals surface area contributed by atoms with Crippen molar-refractivity contribution in [1.29, 1.82) is 0 Å². The van der Waals surface area contributed by atoms with E-state index in [4.69, 9.17) is 4.74 Å². The van der Waals surface area contributed by atoms with Crippen molar-refractivity contribution in [2.45, 2.75) is 33.2 Å². The van der Waals surface area contributed by atoms with Crippen molar-refractivity contribution >= 4 is 24.8 Å². The van der Waals surface area contributed by atoms with Crippen LogP contribution >= 0.6 is 12.8 Å². The van der Waals surface area contributed by atoms with E-state index in [0.717, 1.165) is 17.2 Å². The molecular formula is C20H24F3N3O3S. The molecule has 2 heterocycles. The van der Waals surface area contributed by atoms with Gasteiger partial charge < -0.3 is 9.46 Å². The van der Waals surface area contributed by atoms with Gasteiger partial charge in [-0.1, -0.05) is 39.7 Å². The standard InChI is InChI=1S/C10H13F2N.C10H9FN2O3S.H2/c1-6(2)7(3)10-9(12)4-8(11)5-13-10;11-7-2-1-3-8-6(7)4-13(10(15)16-8)5-9(14)12-17;/h4-7H,1-3H3;1-3,17H,4-5H2,(H,12,14);1H.